The zero-order chi connectivity index (χ0) is 6.81. The van der Waals surface area contributed by atoms with Crippen LogP contribution in [0.1, 0.15) is 0 Å². The Labute approximate surface area is 56.9 Å². The van der Waals surface area contributed by atoms with Crippen molar-refractivity contribution < 1.29 is 4.52 Å². The van der Waals surface area contributed by atoms with E-state index in [1.807, 2.05) is 6.07 Å². The highest BCUT2D eigenvalue weighted by Crippen LogP contribution is 2.12. The Balaban J connectivity index is 2.48. The number of hydrogen-bond acceptors (Lipinski definition) is 3. The van der Waals surface area contributed by atoms with Crippen molar-refractivity contribution in [2.45, 2.75) is 0 Å². The lowest BCUT2D eigenvalue weighted by Gasteiger charge is -1.80. The summed E-state index contributed by atoms with van der Waals surface area (Å²) in [6.45, 7) is 0. The average Bonchev–Trinajstić information content (AvgIpc) is 2.59. The monoisotopic (exact) mass is 135 g/mol. The molecular weight excluding hydrogens is 130 g/mol. The average molecular weight is 135 g/mol. The normalized spacial score (nSPS) is 10.0. The standard InChI is InChI=1S/C6H5N3O/c1-2-7-3-5(1)6-8-4-9-10-6/h1-4,7H. The van der Waals surface area contributed by atoms with Gasteiger partial charge < -0.3 is 9.51 Å². The van der Waals surface area contributed by atoms with Crippen LogP contribution in [-0.2, 0) is 0 Å². The van der Waals surface area contributed by atoms with Crippen molar-refractivity contribution in [3.63, 3.8) is 0 Å². The molecule has 0 aliphatic rings. The summed E-state index contributed by atoms with van der Waals surface area (Å²) in [7, 11) is 0. The lowest BCUT2D eigenvalue weighted by molar-refractivity contribution is 0.430. The summed E-state index contributed by atoms with van der Waals surface area (Å²) in [6.07, 6.45) is 4.98. The third-order valence-electron chi connectivity index (χ3n) is 1.21. The van der Waals surface area contributed by atoms with Crippen molar-refractivity contribution in [2.75, 3.05) is 0 Å². The van der Waals surface area contributed by atoms with Gasteiger partial charge in [0.15, 0.2) is 6.33 Å². The van der Waals surface area contributed by atoms with Gasteiger partial charge in [0.05, 0.1) is 5.56 Å². The predicted molar refractivity (Wildman–Crippen MR) is 34.1 cm³/mol. The summed E-state index contributed by atoms with van der Waals surface area (Å²) < 4.78 is 4.80. The van der Waals surface area contributed by atoms with Crippen LogP contribution in [0.2, 0.25) is 0 Å². The maximum Gasteiger partial charge on any atom is 0.259 e. The molecule has 0 aromatic carbocycles. The molecule has 0 saturated carbocycles. The molecule has 0 unspecified atom stereocenters. The zero-order valence-electron chi connectivity index (χ0n) is 5.11. The third kappa shape index (κ3) is 0.699. The minimum absolute atomic E-state index is 0.543. The molecule has 0 spiro atoms. The van der Waals surface area contributed by atoms with Gasteiger partial charge in [-0.1, -0.05) is 5.16 Å². The number of nitrogens with zero attached hydrogens (tertiary/aromatic N) is 2. The Bertz CT molecular complexity index is 252. The van der Waals surface area contributed by atoms with E-state index >= 15 is 0 Å². The third-order valence-corrected chi connectivity index (χ3v) is 1.21. The predicted octanol–water partition coefficient (Wildman–Crippen LogP) is 1.06. The van der Waals surface area contributed by atoms with Gasteiger partial charge in [-0.15, -0.1) is 0 Å². The highest BCUT2D eigenvalue weighted by Gasteiger charge is 2.00. The fraction of sp³-hybridized carbons (Fsp3) is 0. The van der Waals surface area contributed by atoms with Gasteiger partial charge in [-0.2, -0.15) is 4.98 Å². The highest BCUT2D eigenvalue weighted by molar-refractivity contribution is 5.50. The number of aromatic nitrogens is 3. The van der Waals surface area contributed by atoms with Crippen molar-refractivity contribution in [2.24, 2.45) is 0 Å². The van der Waals surface area contributed by atoms with E-state index in [1.54, 1.807) is 12.4 Å². The molecule has 50 valence electrons. The topological polar surface area (TPSA) is 54.7 Å². The summed E-state index contributed by atoms with van der Waals surface area (Å²) in [5.41, 5.74) is 0.914. The van der Waals surface area contributed by atoms with Gasteiger partial charge in [0.2, 0.25) is 0 Å². The second-order valence-corrected chi connectivity index (χ2v) is 1.85. The minimum Gasteiger partial charge on any atom is -0.367 e. The van der Waals surface area contributed by atoms with Crippen LogP contribution in [0.25, 0.3) is 11.5 Å². The first-order valence-corrected chi connectivity index (χ1v) is 2.86. The molecule has 4 nitrogen and oxygen atoms in total. The first kappa shape index (κ1) is 5.22. The molecule has 2 aromatic heterocycles. The van der Waals surface area contributed by atoms with Crippen LogP contribution in [0.3, 0.4) is 0 Å². The van der Waals surface area contributed by atoms with E-state index < -0.39 is 0 Å². The Morgan fingerprint density at radius 1 is 1.50 bits per heavy atom. The molecule has 10 heavy (non-hydrogen) atoms. The van der Waals surface area contributed by atoms with Gasteiger partial charge in [-0.05, 0) is 6.07 Å². The van der Waals surface area contributed by atoms with Crippen molar-refractivity contribution in [1.82, 2.24) is 15.1 Å². The lowest BCUT2D eigenvalue weighted by Crippen LogP contribution is -1.68. The van der Waals surface area contributed by atoms with Crippen LogP contribution >= 0.6 is 0 Å². The highest BCUT2D eigenvalue weighted by atomic mass is 16.5. The largest absolute Gasteiger partial charge is 0.367 e. The molecule has 0 amide bonds. The molecule has 0 aliphatic heterocycles. The SMILES string of the molecule is c1noc(-c2cc[nH]c2)n1. The zero-order valence-corrected chi connectivity index (χ0v) is 5.11. The van der Waals surface area contributed by atoms with E-state index in [9.17, 15) is 0 Å². The van der Waals surface area contributed by atoms with Gasteiger partial charge in [0.25, 0.3) is 5.89 Å². The van der Waals surface area contributed by atoms with E-state index in [0.29, 0.717) is 5.89 Å². The number of aromatic amines is 1. The van der Waals surface area contributed by atoms with Gasteiger partial charge >= 0.3 is 0 Å². The molecule has 0 aliphatic carbocycles. The lowest BCUT2D eigenvalue weighted by atomic mass is 10.3. The summed E-state index contributed by atoms with van der Waals surface area (Å²) in [5, 5.41) is 3.48. The summed E-state index contributed by atoms with van der Waals surface area (Å²) in [6, 6.07) is 1.87. The summed E-state index contributed by atoms with van der Waals surface area (Å²) in [4.78, 5) is 6.75. The molecule has 0 radical (unpaired) electrons. The second-order valence-electron chi connectivity index (χ2n) is 1.85. The maximum absolute atomic E-state index is 4.80. The Morgan fingerprint density at radius 2 is 2.50 bits per heavy atom. The van der Waals surface area contributed by atoms with Crippen LogP contribution < -0.4 is 0 Å². The fourth-order valence-electron chi connectivity index (χ4n) is 0.757. The van der Waals surface area contributed by atoms with Crippen molar-refractivity contribution in [3.8, 4) is 11.5 Å². The molecule has 2 aromatic rings. The smallest absolute Gasteiger partial charge is 0.259 e. The van der Waals surface area contributed by atoms with E-state index in [-0.39, 0.29) is 0 Å². The molecule has 2 heterocycles. The van der Waals surface area contributed by atoms with E-state index in [2.05, 4.69) is 15.1 Å². The van der Waals surface area contributed by atoms with Crippen LogP contribution in [-0.4, -0.2) is 15.1 Å². The van der Waals surface area contributed by atoms with Gasteiger partial charge in [0, 0.05) is 12.4 Å². The van der Waals surface area contributed by atoms with Crippen LogP contribution in [0.15, 0.2) is 29.3 Å². The van der Waals surface area contributed by atoms with Gasteiger partial charge in [-0.25, -0.2) is 0 Å². The van der Waals surface area contributed by atoms with Crippen LogP contribution in [0, 0.1) is 0 Å². The van der Waals surface area contributed by atoms with E-state index in [1.165, 1.54) is 6.33 Å². The molecular formula is C6H5N3O. The minimum atomic E-state index is 0.543. The summed E-state index contributed by atoms with van der Waals surface area (Å²) >= 11 is 0. The molecule has 0 atom stereocenters. The van der Waals surface area contributed by atoms with Crippen molar-refractivity contribution in [3.05, 3.63) is 24.8 Å². The molecule has 4 heteroatoms. The Morgan fingerprint density at radius 3 is 3.10 bits per heavy atom. The Hall–Kier alpha value is -1.58. The van der Waals surface area contributed by atoms with Gasteiger partial charge in [0.1, 0.15) is 0 Å². The van der Waals surface area contributed by atoms with E-state index in [4.69, 9.17) is 4.52 Å². The number of H-pyrrole nitrogens is 1. The number of rotatable bonds is 1. The quantitative estimate of drug-likeness (QED) is 0.636. The number of nitrogens with one attached hydrogen (secondary N) is 1. The fourth-order valence-corrected chi connectivity index (χ4v) is 0.757. The first-order chi connectivity index (χ1) is 4.97. The second kappa shape index (κ2) is 1.98. The van der Waals surface area contributed by atoms with E-state index in [0.717, 1.165) is 5.56 Å². The first-order valence-electron chi connectivity index (χ1n) is 2.86. The molecule has 1 N–H and O–H groups in total. The molecule has 0 fully saturated rings. The van der Waals surface area contributed by atoms with Crippen molar-refractivity contribution >= 4 is 0 Å². The molecule has 0 saturated heterocycles. The van der Waals surface area contributed by atoms with Crippen LogP contribution in [0.4, 0.5) is 0 Å². The van der Waals surface area contributed by atoms with Crippen LogP contribution in [0.5, 0.6) is 0 Å². The van der Waals surface area contributed by atoms with Crippen molar-refractivity contribution in [1.29, 1.82) is 0 Å². The molecule has 2 rings (SSSR count). The maximum atomic E-state index is 4.80. The number of hydrogen-bond donors (Lipinski definition) is 1. The summed E-state index contributed by atoms with van der Waals surface area (Å²) in [5.74, 6) is 0.543. The Kier molecular flexibility index (Phi) is 1.04. The van der Waals surface area contributed by atoms with Gasteiger partial charge in [-0.3, -0.25) is 0 Å². The molecule has 0 bridgehead atoms.